The van der Waals surface area contributed by atoms with E-state index in [2.05, 4.69) is 10.1 Å². The van der Waals surface area contributed by atoms with E-state index in [-0.39, 0.29) is 18.6 Å². The number of ether oxygens (including phenoxy) is 2. The highest BCUT2D eigenvalue weighted by atomic mass is 16.5. The van der Waals surface area contributed by atoms with Crippen LogP contribution in [0.2, 0.25) is 0 Å². The lowest BCUT2D eigenvalue weighted by atomic mass is 10.1. The summed E-state index contributed by atoms with van der Waals surface area (Å²) in [6.45, 7) is 5.52. The molecular weight excluding hydrogens is 246 g/mol. The van der Waals surface area contributed by atoms with Crippen LogP contribution in [-0.4, -0.2) is 31.6 Å². The molecule has 0 unspecified atom stereocenters. The number of nitrogens with one attached hydrogen (secondary N) is 1. The highest BCUT2D eigenvalue weighted by Gasteiger charge is 2.10. The summed E-state index contributed by atoms with van der Waals surface area (Å²) < 4.78 is 10.1. The molecule has 104 valence electrons. The molecule has 0 atom stereocenters. The Bertz CT molecular complexity index is 469. The molecule has 0 spiro atoms. The molecule has 0 aromatic heterocycles. The molecule has 0 heterocycles. The topological polar surface area (TPSA) is 64.6 Å². The van der Waals surface area contributed by atoms with Crippen LogP contribution in [0.15, 0.2) is 18.2 Å². The van der Waals surface area contributed by atoms with Gasteiger partial charge in [0, 0.05) is 6.04 Å². The van der Waals surface area contributed by atoms with Gasteiger partial charge in [-0.3, -0.25) is 4.79 Å². The molecule has 0 radical (unpaired) electrons. The molecule has 0 saturated heterocycles. The van der Waals surface area contributed by atoms with Crippen molar-refractivity contribution in [2.24, 2.45) is 0 Å². The minimum atomic E-state index is -0.434. The number of benzene rings is 1. The molecule has 0 aliphatic heterocycles. The average Bonchev–Trinajstić information content (AvgIpc) is 2.36. The van der Waals surface area contributed by atoms with Crippen molar-refractivity contribution in [3.8, 4) is 5.75 Å². The molecule has 1 rings (SSSR count). The predicted molar refractivity (Wildman–Crippen MR) is 71.3 cm³/mol. The van der Waals surface area contributed by atoms with Gasteiger partial charge in [0.1, 0.15) is 5.75 Å². The summed E-state index contributed by atoms with van der Waals surface area (Å²) in [5.41, 5.74) is 1.25. The van der Waals surface area contributed by atoms with Gasteiger partial charge in [0.25, 0.3) is 5.91 Å². The molecule has 0 fully saturated rings. The molecule has 0 aliphatic rings. The predicted octanol–water partition coefficient (Wildman–Crippen LogP) is 1.69. The van der Waals surface area contributed by atoms with E-state index < -0.39 is 5.97 Å². The van der Waals surface area contributed by atoms with E-state index in [1.807, 2.05) is 20.8 Å². The Balaban J connectivity index is 2.72. The summed E-state index contributed by atoms with van der Waals surface area (Å²) in [4.78, 5) is 22.9. The Morgan fingerprint density at radius 3 is 2.58 bits per heavy atom. The monoisotopic (exact) mass is 265 g/mol. The first-order chi connectivity index (χ1) is 8.93. The van der Waals surface area contributed by atoms with Gasteiger partial charge in [0.05, 0.1) is 12.7 Å². The van der Waals surface area contributed by atoms with Crippen molar-refractivity contribution in [3.05, 3.63) is 29.3 Å². The Morgan fingerprint density at radius 1 is 1.32 bits per heavy atom. The van der Waals surface area contributed by atoms with Crippen LogP contribution >= 0.6 is 0 Å². The van der Waals surface area contributed by atoms with Crippen molar-refractivity contribution >= 4 is 11.9 Å². The van der Waals surface area contributed by atoms with Crippen LogP contribution < -0.4 is 10.1 Å². The van der Waals surface area contributed by atoms with Crippen molar-refractivity contribution in [2.45, 2.75) is 26.8 Å². The minimum absolute atomic E-state index is 0.0681. The lowest BCUT2D eigenvalue weighted by molar-refractivity contribution is -0.123. The van der Waals surface area contributed by atoms with Crippen molar-refractivity contribution < 1.29 is 19.1 Å². The van der Waals surface area contributed by atoms with Crippen LogP contribution in [0.5, 0.6) is 5.75 Å². The molecule has 0 bridgehead atoms. The number of aryl methyl sites for hydroxylation is 1. The van der Waals surface area contributed by atoms with E-state index in [9.17, 15) is 9.59 Å². The van der Waals surface area contributed by atoms with Crippen LogP contribution in [0, 0.1) is 6.92 Å². The van der Waals surface area contributed by atoms with Crippen molar-refractivity contribution in [1.29, 1.82) is 0 Å². The fourth-order valence-electron chi connectivity index (χ4n) is 1.51. The molecule has 19 heavy (non-hydrogen) atoms. The van der Waals surface area contributed by atoms with Crippen LogP contribution in [0.1, 0.15) is 29.8 Å². The molecule has 0 aliphatic carbocycles. The third-order valence-electron chi connectivity index (χ3n) is 2.42. The van der Waals surface area contributed by atoms with E-state index >= 15 is 0 Å². The first kappa shape index (κ1) is 15.0. The fourth-order valence-corrected chi connectivity index (χ4v) is 1.51. The number of carbonyl (C=O) groups excluding carboxylic acids is 2. The number of hydrogen-bond acceptors (Lipinski definition) is 4. The molecule has 1 amide bonds. The molecule has 1 N–H and O–H groups in total. The van der Waals surface area contributed by atoms with E-state index in [0.29, 0.717) is 11.3 Å². The summed E-state index contributed by atoms with van der Waals surface area (Å²) in [6.07, 6.45) is 0. The van der Waals surface area contributed by atoms with Gasteiger partial charge in [0.15, 0.2) is 6.61 Å². The number of methoxy groups -OCH3 is 1. The summed E-state index contributed by atoms with van der Waals surface area (Å²) in [5.74, 6) is -0.129. The maximum absolute atomic E-state index is 11.5. The highest BCUT2D eigenvalue weighted by Crippen LogP contribution is 2.20. The van der Waals surface area contributed by atoms with E-state index in [4.69, 9.17) is 4.74 Å². The average molecular weight is 265 g/mol. The maximum atomic E-state index is 11.5. The molecule has 0 saturated carbocycles. The zero-order valence-corrected chi connectivity index (χ0v) is 11.6. The summed E-state index contributed by atoms with van der Waals surface area (Å²) in [6, 6.07) is 5.05. The zero-order chi connectivity index (χ0) is 14.4. The Hall–Kier alpha value is -2.04. The second-order valence-corrected chi connectivity index (χ2v) is 4.48. The number of amides is 1. The van der Waals surface area contributed by atoms with Crippen LogP contribution in [0.4, 0.5) is 0 Å². The van der Waals surface area contributed by atoms with Crippen molar-refractivity contribution in [1.82, 2.24) is 5.32 Å². The van der Waals surface area contributed by atoms with Crippen LogP contribution in [-0.2, 0) is 9.53 Å². The molecule has 1 aromatic carbocycles. The van der Waals surface area contributed by atoms with Crippen LogP contribution in [0.3, 0.4) is 0 Å². The lowest BCUT2D eigenvalue weighted by Gasteiger charge is -2.12. The number of esters is 1. The van der Waals surface area contributed by atoms with E-state index in [0.717, 1.165) is 5.56 Å². The Labute approximate surface area is 112 Å². The second kappa shape index (κ2) is 6.78. The Morgan fingerprint density at radius 2 is 2.00 bits per heavy atom. The number of hydrogen-bond donors (Lipinski definition) is 1. The SMILES string of the molecule is COC(=O)c1ccc(C)c(OCC(=O)NC(C)C)c1. The van der Waals surface area contributed by atoms with Gasteiger partial charge in [-0.2, -0.15) is 0 Å². The summed E-state index contributed by atoms with van der Waals surface area (Å²) >= 11 is 0. The first-order valence-corrected chi connectivity index (χ1v) is 6.05. The summed E-state index contributed by atoms with van der Waals surface area (Å²) in [5, 5.41) is 2.73. The fraction of sp³-hybridized carbons (Fsp3) is 0.429. The van der Waals surface area contributed by atoms with Gasteiger partial charge in [-0.05, 0) is 38.5 Å². The second-order valence-electron chi connectivity index (χ2n) is 4.48. The van der Waals surface area contributed by atoms with E-state index in [1.54, 1.807) is 18.2 Å². The van der Waals surface area contributed by atoms with Gasteiger partial charge in [0.2, 0.25) is 0 Å². The largest absolute Gasteiger partial charge is 0.483 e. The maximum Gasteiger partial charge on any atom is 0.337 e. The molecular formula is C14H19NO4. The van der Waals surface area contributed by atoms with Crippen molar-refractivity contribution in [2.75, 3.05) is 13.7 Å². The van der Waals surface area contributed by atoms with Crippen LogP contribution in [0.25, 0.3) is 0 Å². The standard InChI is InChI=1S/C14H19NO4/c1-9(2)15-13(16)8-19-12-7-11(14(17)18-4)6-5-10(12)3/h5-7,9H,8H2,1-4H3,(H,15,16). The zero-order valence-electron chi connectivity index (χ0n) is 11.6. The van der Waals surface area contributed by atoms with E-state index in [1.165, 1.54) is 7.11 Å². The molecule has 5 heteroatoms. The molecule has 1 aromatic rings. The minimum Gasteiger partial charge on any atom is -0.483 e. The number of carbonyl (C=O) groups is 2. The lowest BCUT2D eigenvalue weighted by Crippen LogP contribution is -2.34. The quantitative estimate of drug-likeness (QED) is 0.823. The van der Waals surface area contributed by atoms with Gasteiger partial charge in [-0.25, -0.2) is 4.79 Å². The number of rotatable bonds is 5. The summed E-state index contributed by atoms with van der Waals surface area (Å²) in [7, 11) is 1.32. The van der Waals surface area contributed by atoms with Gasteiger partial charge in [-0.1, -0.05) is 6.07 Å². The van der Waals surface area contributed by atoms with Crippen molar-refractivity contribution in [3.63, 3.8) is 0 Å². The third kappa shape index (κ3) is 4.62. The van der Waals surface area contributed by atoms with Gasteiger partial charge < -0.3 is 14.8 Å². The smallest absolute Gasteiger partial charge is 0.337 e. The Kier molecular flexibility index (Phi) is 5.36. The van der Waals surface area contributed by atoms with Gasteiger partial charge >= 0.3 is 5.97 Å². The first-order valence-electron chi connectivity index (χ1n) is 6.05. The van der Waals surface area contributed by atoms with Gasteiger partial charge in [-0.15, -0.1) is 0 Å². The molecule has 5 nitrogen and oxygen atoms in total. The third-order valence-corrected chi connectivity index (χ3v) is 2.42. The highest BCUT2D eigenvalue weighted by molar-refractivity contribution is 5.90. The normalized spacial score (nSPS) is 10.2.